The zero-order valence-electron chi connectivity index (χ0n) is 15.1. The van der Waals surface area contributed by atoms with Crippen molar-refractivity contribution in [2.75, 3.05) is 25.9 Å². The molecular formula is C18H29N3O2S. The summed E-state index contributed by atoms with van der Waals surface area (Å²) in [5.41, 5.74) is 1.54. The van der Waals surface area contributed by atoms with Gasteiger partial charge in [-0.2, -0.15) is 0 Å². The fraction of sp³-hybridized carbons (Fsp3) is 0.611. The molecule has 24 heavy (non-hydrogen) atoms. The smallest absolute Gasteiger partial charge is 0.191 e. The first-order chi connectivity index (χ1) is 11.2. The Morgan fingerprint density at radius 3 is 2.29 bits per heavy atom. The van der Waals surface area contributed by atoms with Crippen LogP contribution in [0.2, 0.25) is 0 Å². The summed E-state index contributed by atoms with van der Waals surface area (Å²) in [4.78, 5) is 4.19. The Hall–Kier alpha value is -1.56. The summed E-state index contributed by atoms with van der Waals surface area (Å²) in [6.07, 6.45) is 2.33. The zero-order chi connectivity index (χ0) is 17.8. The van der Waals surface area contributed by atoms with Crippen LogP contribution in [-0.2, 0) is 15.3 Å². The predicted octanol–water partition coefficient (Wildman–Crippen LogP) is 2.10. The average Bonchev–Trinajstić information content (AvgIpc) is 3.31. The molecule has 0 aliphatic heterocycles. The van der Waals surface area contributed by atoms with Crippen LogP contribution in [0.1, 0.15) is 39.2 Å². The molecule has 1 aromatic carbocycles. The Balaban J connectivity index is 1.84. The molecule has 2 rings (SSSR count). The van der Waals surface area contributed by atoms with Crippen LogP contribution in [0.5, 0.6) is 0 Å². The predicted molar refractivity (Wildman–Crippen MR) is 100 cm³/mol. The van der Waals surface area contributed by atoms with Crippen molar-refractivity contribution < 1.29 is 8.42 Å². The number of guanidine groups is 1. The second-order valence-electron chi connectivity index (χ2n) is 7.43. The van der Waals surface area contributed by atoms with Crippen LogP contribution in [0, 0.1) is 0 Å². The summed E-state index contributed by atoms with van der Waals surface area (Å²) in [6.45, 7) is 6.35. The van der Waals surface area contributed by atoms with E-state index < -0.39 is 14.6 Å². The third kappa shape index (κ3) is 4.50. The minimum Gasteiger partial charge on any atom is -0.356 e. The summed E-state index contributed by atoms with van der Waals surface area (Å²) in [5, 5.41) is 6.45. The lowest BCUT2D eigenvalue weighted by molar-refractivity contribution is 0.558. The third-order valence-corrected chi connectivity index (χ3v) is 7.26. The van der Waals surface area contributed by atoms with E-state index in [1.165, 1.54) is 18.4 Å². The fourth-order valence-corrected chi connectivity index (χ4v) is 3.58. The van der Waals surface area contributed by atoms with E-state index in [2.05, 4.69) is 39.9 Å². The van der Waals surface area contributed by atoms with Gasteiger partial charge in [0, 0.05) is 25.6 Å². The van der Waals surface area contributed by atoms with E-state index in [9.17, 15) is 8.42 Å². The molecule has 1 saturated carbocycles. The van der Waals surface area contributed by atoms with Crippen molar-refractivity contribution in [3.05, 3.63) is 35.9 Å². The van der Waals surface area contributed by atoms with Gasteiger partial charge >= 0.3 is 0 Å². The van der Waals surface area contributed by atoms with Gasteiger partial charge in [-0.3, -0.25) is 4.99 Å². The summed E-state index contributed by atoms with van der Waals surface area (Å²) in [7, 11) is -1.42. The first-order valence-electron chi connectivity index (χ1n) is 8.43. The Morgan fingerprint density at radius 1 is 1.17 bits per heavy atom. The number of benzene rings is 1. The molecule has 0 heterocycles. The highest BCUT2D eigenvalue weighted by atomic mass is 32.2. The standard InChI is InChI=1S/C18H29N3O2S/c1-17(2,3)24(22,23)13-12-20-16(19-4)21-14-18(10-11-18)15-8-6-5-7-9-15/h5-9H,10-14H2,1-4H3,(H2,19,20,21). The van der Waals surface area contributed by atoms with Crippen molar-refractivity contribution in [1.82, 2.24) is 10.6 Å². The van der Waals surface area contributed by atoms with Crippen molar-refractivity contribution in [3.8, 4) is 0 Å². The summed E-state index contributed by atoms with van der Waals surface area (Å²) in [5.74, 6) is 0.752. The summed E-state index contributed by atoms with van der Waals surface area (Å²) < 4.78 is 23.5. The van der Waals surface area contributed by atoms with E-state index in [0.717, 1.165) is 6.54 Å². The first-order valence-corrected chi connectivity index (χ1v) is 10.1. The molecule has 0 saturated heterocycles. The molecule has 5 nitrogen and oxygen atoms in total. The van der Waals surface area contributed by atoms with Crippen LogP contribution in [-0.4, -0.2) is 45.0 Å². The highest BCUT2D eigenvalue weighted by Gasteiger charge is 2.44. The van der Waals surface area contributed by atoms with Gasteiger partial charge in [0.05, 0.1) is 10.5 Å². The van der Waals surface area contributed by atoms with E-state index in [0.29, 0.717) is 12.5 Å². The van der Waals surface area contributed by atoms with Crippen LogP contribution in [0.15, 0.2) is 35.3 Å². The average molecular weight is 352 g/mol. The highest BCUT2D eigenvalue weighted by Crippen LogP contribution is 2.47. The molecule has 1 aliphatic rings. The molecule has 1 aliphatic carbocycles. The maximum absolute atomic E-state index is 12.1. The van der Waals surface area contributed by atoms with E-state index in [1.807, 2.05) is 6.07 Å². The molecule has 0 radical (unpaired) electrons. The molecule has 0 unspecified atom stereocenters. The van der Waals surface area contributed by atoms with E-state index in [-0.39, 0.29) is 11.2 Å². The van der Waals surface area contributed by atoms with Gasteiger partial charge in [0.15, 0.2) is 15.8 Å². The van der Waals surface area contributed by atoms with Crippen molar-refractivity contribution in [3.63, 3.8) is 0 Å². The molecule has 2 N–H and O–H groups in total. The molecule has 1 fully saturated rings. The van der Waals surface area contributed by atoms with E-state index in [4.69, 9.17) is 0 Å². The van der Waals surface area contributed by atoms with Crippen molar-refractivity contribution in [2.45, 2.75) is 43.8 Å². The van der Waals surface area contributed by atoms with Crippen LogP contribution >= 0.6 is 0 Å². The van der Waals surface area contributed by atoms with Crippen LogP contribution < -0.4 is 10.6 Å². The van der Waals surface area contributed by atoms with Gasteiger partial charge in [-0.05, 0) is 39.2 Å². The number of nitrogens with zero attached hydrogens (tertiary/aromatic N) is 1. The monoisotopic (exact) mass is 351 g/mol. The largest absolute Gasteiger partial charge is 0.356 e. The number of sulfone groups is 1. The number of nitrogens with one attached hydrogen (secondary N) is 2. The van der Waals surface area contributed by atoms with Gasteiger partial charge in [0.1, 0.15) is 0 Å². The topological polar surface area (TPSA) is 70.6 Å². The van der Waals surface area contributed by atoms with Crippen molar-refractivity contribution in [1.29, 1.82) is 0 Å². The fourth-order valence-electron chi connectivity index (χ4n) is 2.59. The lowest BCUT2D eigenvalue weighted by Crippen LogP contribution is -2.44. The minimum absolute atomic E-state index is 0.0982. The van der Waals surface area contributed by atoms with Crippen LogP contribution in [0.3, 0.4) is 0 Å². The molecular weight excluding hydrogens is 322 g/mol. The van der Waals surface area contributed by atoms with E-state index >= 15 is 0 Å². The van der Waals surface area contributed by atoms with Gasteiger partial charge in [-0.25, -0.2) is 8.42 Å². The molecule has 0 spiro atoms. The van der Waals surface area contributed by atoms with Gasteiger partial charge < -0.3 is 10.6 Å². The SMILES string of the molecule is CN=C(NCCS(=O)(=O)C(C)(C)C)NCC1(c2ccccc2)CC1. The Bertz CT molecular complexity index is 672. The van der Waals surface area contributed by atoms with Gasteiger partial charge in [0.2, 0.25) is 0 Å². The lowest BCUT2D eigenvalue weighted by Gasteiger charge is -2.21. The maximum Gasteiger partial charge on any atom is 0.191 e. The van der Waals surface area contributed by atoms with Crippen LogP contribution in [0.25, 0.3) is 0 Å². The third-order valence-electron chi connectivity index (χ3n) is 4.65. The summed E-state index contributed by atoms with van der Waals surface area (Å²) in [6, 6.07) is 10.5. The first kappa shape index (κ1) is 18.8. The quantitative estimate of drug-likeness (QED) is 0.608. The summed E-state index contributed by atoms with van der Waals surface area (Å²) >= 11 is 0. The Kier molecular flexibility index (Phi) is 5.58. The molecule has 0 bridgehead atoms. The second kappa shape index (κ2) is 7.13. The molecule has 6 heteroatoms. The van der Waals surface area contributed by atoms with Crippen molar-refractivity contribution in [2.24, 2.45) is 4.99 Å². The number of rotatable bonds is 6. The highest BCUT2D eigenvalue weighted by molar-refractivity contribution is 7.92. The Morgan fingerprint density at radius 2 is 1.79 bits per heavy atom. The van der Waals surface area contributed by atoms with Gasteiger partial charge in [-0.1, -0.05) is 30.3 Å². The maximum atomic E-state index is 12.1. The molecule has 1 aromatic rings. The second-order valence-corrected chi connectivity index (χ2v) is 10.3. The van der Waals surface area contributed by atoms with Gasteiger partial charge in [-0.15, -0.1) is 0 Å². The zero-order valence-corrected chi connectivity index (χ0v) is 15.9. The van der Waals surface area contributed by atoms with Crippen molar-refractivity contribution >= 4 is 15.8 Å². The van der Waals surface area contributed by atoms with Gasteiger partial charge in [0.25, 0.3) is 0 Å². The molecule has 0 amide bonds. The van der Waals surface area contributed by atoms with Crippen LogP contribution in [0.4, 0.5) is 0 Å². The number of aliphatic imine (C=N–C) groups is 1. The number of hydrogen-bond acceptors (Lipinski definition) is 3. The number of hydrogen-bond donors (Lipinski definition) is 2. The lowest BCUT2D eigenvalue weighted by atomic mass is 9.96. The molecule has 0 aromatic heterocycles. The Labute approximate surface area is 145 Å². The normalized spacial score (nSPS) is 17.4. The van der Waals surface area contributed by atoms with E-state index in [1.54, 1.807) is 27.8 Å². The molecule has 0 atom stereocenters. The minimum atomic E-state index is -3.12. The molecule has 134 valence electrons.